The Morgan fingerprint density at radius 1 is 0.800 bits per heavy atom. The molecule has 15 heavy (non-hydrogen) atoms. The molecule has 0 aromatic heterocycles. The van der Waals surface area contributed by atoms with Crippen LogP contribution < -0.4 is 0 Å². The largest absolute Gasteiger partial charge is 2.00 e. The Bertz CT molecular complexity index is 164. The van der Waals surface area contributed by atoms with Gasteiger partial charge in [0.2, 0.25) is 0 Å². The van der Waals surface area contributed by atoms with E-state index < -0.39 is 0 Å². The smallest absolute Gasteiger partial charge is 0.276 e. The van der Waals surface area contributed by atoms with E-state index in [2.05, 4.69) is 26.0 Å². The Labute approximate surface area is 106 Å². The van der Waals surface area contributed by atoms with Crippen LogP contribution in [0.25, 0.3) is 0 Å². The van der Waals surface area contributed by atoms with E-state index in [9.17, 15) is 0 Å². The first-order valence-corrected chi connectivity index (χ1v) is 5.19. The van der Waals surface area contributed by atoms with Gasteiger partial charge in [0.25, 0.3) is 0 Å². The van der Waals surface area contributed by atoms with Gasteiger partial charge in [-0.25, -0.2) is 24.3 Å². The predicted octanol–water partition coefficient (Wildman–Crippen LogP) is 4.66. The van der Waals surface area contributed by atoms with Crippen LogP contribution in [0.2, 0.25) is 0 Å². The van der Waals surface area contributed by atoms with Gasteiger partial charge < -0.3 is 0 Å². The molecule has 0 radical (unpaired) electrons. The molecule has 0 N–H and O–H groups in total. The fraction of sp³-hybridized carbons (Fsp3) is 0.429. The molecule has 1 heteroatoms. The van der Waals surface area contributed by atoms with Crippen molar-refractivity contribution in [3.8, 4) is 0 Å². The van der Waals surface area contributed by atoms with Crippen LogP contribution >= 0.6 is 0 Å². The van der Waals surface area contributed by atoms with Gasteiger partial charge in [0, 0.05) is 0 Å². The standard InChI is InChI=1S/2C7H11.Ni/c2*1-3-5-7-6-4-2;/h2*3,5,7H,4H2,1-2H3;/q2*-1;+2/b2*5-3+;. The second-order valence-corrected chi connectivity index (χ2v) is 2.50. The minimum atomic E-state index is 0. The van der Waals surface area contributed by atoms with E-state index in [4.69, 9.17) is 0 Å². The van der Waals surface area contributed by atoms with Crippen LogP contribution in [0.15, 0.2) is 36.5 Å². The van der Waals surface area contributed by atoms with Gasteiger partial charge in [-0.3, -0.25) is 12.2 Å². The summed E-state index contributed by atoms with van der Waals surface area (Å²) in [5.74, 6) is 0. The monoisotopic (exact) mass is 248 g/mol. The first-order valence-electron chi connectivity index (χ1n) is 5.19. The van der Waals surface area contributed by atoms with Crippen LogP contribution in [0.3, 0.4) is 0 Å². The molecular formula is C14H22Ni. The minimum Gasteiger partial charge on any atom is -0.276 e. The second-order valence-electron chi connectivity index (χ2n) is 2.50. The zero-order chi connectivity index (χ0) is 11.1. The van der Waals surface area contributed by atoms with E-state index in [1.807, 2.05) is 50.3 Å². The molecule has 0 saturated heterocycles. The number of allylic oxidation sites excluding steroid dienone is 8. The molecule has 0 heterocycles. The first-order chi connectivity index (χ1) is 6.83. The normalized spacial score (nSPS) is 10.9. The summed E-state index contributed by atoms with van der Waals surface area (Å²) >= 11 is 0. The Morgan fingerprint density at radius 3 is 1.33 bits per heavy atom. The Hall–Kier alpha value is -0.546. The molecule has 0 aliphatic rings. The fourth-order valence-electron chi connectivity index (χ4n) is 0.564. The molecular weight excluding hydrogens is 227 g/mol. The molecule has 0 bridgehead atoms. The van der Waals surface area contributed by atoms with Crippen LogP contribution in [0.5, 0.6) is 0 Å². The minimum absolute atomic E-state index is 0. The summed E-state index contributed by atoms with van der Waals surface area (Å²) < 4.78 is 0. The van der Waals surface area contributed by atoms with E-state index in [-0.39, 0.29) is 16.5 Å². The van der Waals surface area contributed by atoms with Crippen LogP contribution in [0.4, 0.5) is 0 Å². The van der Waals surface area contributed by atoms with Crippen molar-refractivity contribution in [2.24, 2.45) is 0 Å². The molecule has 0 aromatic carbocycles. The maximum Gasteiger partial charge on any atom is 2.00 e. The zero-order valence-corrected chi connectivity index (χ0v) is 11.2. The molecule has 0 atom stereocenters. The van der Waals surface area contributed by atoms with Crippen molar-refractivity contribution < 1.29 is 16.5 Å². The average Bonchev–Trinajstić information content (AvgIpc) is 2.21. The number of rotatable bonds is 4. The van der Waals surface area contributed by atoms with E-state index >= 15 is 0 Å². The summed E-state index contributed by atoms with van der Waals surface area (Å²) in [4.78, 5) is 0. The summed E-state index contributed by atoms with van der Waals surface area (Å²) in [5, 5.41) is 0. The molecule has 0 saturated carbocycles. The Kier molecular flexibility index (Phi) is 31.0. The van der Waals surface area contributed by atoms with Crippen molar-refractivity contribution in [3.05, 3.63) is 48.6 Å². The molecule has 0 amide bonds. The summed E-state index contributed by atoms with van der Waals surface area (Å²) in [6.07, 6.45) is 19.9. The maximum atomic E-state index is 3.04. The predicted molar refractivity (Wildman–Crippen MR) is 65.8 cm³/mol. The van der Waals surface area contributed by atoms with Crippen molar-refractivity contribution in [2.45, 2.75) is 40.5 Å². The van der Waals surface area contributed by atoms with Crippen LogP contribution in [-0.2, 0) is 16.5 Å². The fourth-order valence-corrected chi connectivity index (χ4v) is 0.564. The van der Waals surface area contributed by atoms with Gasteiger partial charge in [-0.1, -0.05) is 27.7 Å². The van der Waals surface area contributed by atoms with Crippen molar-refractivity contribution >= 4 is 0 Å². The Balaban J connectivity index is -0.000000180. The topological polar surface area (TPSA) is 0 Å². The van der Waals surface area contributed by atoms with E-state index in [0.29, 0.717) is 0 Å². The maximum absolute atomic E-state index is 3.04. The molecule has 0 aliphatic heterocycles. The zero-order valence-electron chi connectivity index (χ0n) is 10.2. The molecule has 0 unspecified atom stereocenters. The van der Waals surface area contributed by atoms with Crippen molar-refractivity contribution in [2.75, 3.05) is 0 Å². The van der Waals surface area contributed by atoms with Gasteiger partial charge in [0.05, 0.1) is 0 Å². The van der Waals surface area contributed by atoms with Crippen LogP contribution in [0.1, 0.15) is 40.5 Å². The Morgan fingerprint density at radius 2 is 1.13 bits per heavy atom. The molecule has 0 spiro atoms. The van der Waals surface area contributed by atoms with Gasteiger partial charge in [0.15, 0.2) is 0 Å². The third-order valence-electron chi connectivity index (χ3n) is 1.22. The molecule has 0 aromatic rings. The molecule has 0 nitrogen and oxygen atoms in total. The van der Waals surface area contributed by atoms with Gasteiger partial charge in [0.1, 0.15) is 0 Å². The third-order valence-corrected chi connectivity index (χ3v) is 1.22. The molecule has 0 rings (SSSR count). The molecule has 88 valence electrons. The average molecular weight is 249 g/mol. The molecule has 0 fully saturated rings. The van der Waals surface area contributed by atoms with Crippen molar-refractivity contribution in [3.63, 3.8) is 0 Å². The van der Waals surface area contributed by atoms with E-state index in [1.165, 1.54) is 0 Å². The SMILES string of the molecule is C/C=C/C=[C-]CC.C/C=C/C=[C-]CC.[Ni+2]. The van der Waals surface area contributed by atoms with Crippen molar-refractivity contribution in [1.82, 2.24) is 0 Å². The summed E-state index contributed by atoms with van der Waals surface area (Å²) in [6, 6.07) is 0. The second kappa shape index (κ2) is 23.3. The summed E-state index contributed by atoms with van der Waals surface area (Å²) in [5.41, 5.74) is 0. The van der Waals surface area contributed by atoms with Gasteiger partial charge >= 0.3 is 16.5 Å². The van der Waals surface area contributed by atoms with Gasteiger partial charge in [-0.2, -0.15) is 12.2 Å². The number of hydrogen-bond donors (Lipinski definition) is 0. The number of hydrogen-bond acceptors (Lipinski definition) is 0. The van der Waals surface area contributed by atoms with E-state index in [0.717, 1.165) is 12.8 Å². The van der Waals surface area contributed by atoms with Crippen LogP contribution in [-0.4, -0.2) is 0 Å². The summed E-state index contributed by atoms with van der Waals surface area (Å²) in [6.45, 7) is 8.13. The quantitative estimate of drug-likeness (QED) is 0.386. The van der Waals surface area contributed by atoms with Crippen LogP contribution in [0, 0.1) is 12.2 Å². The summed E-state index contributed by atoms with van der Waals surface area (Å²) in [7, 11) is 0. The molecule has 0 aliphatic carbocycles. The third kappa shape index (κ3) is 31.8. The van der Waals surface area contributed by atoms with Gasteiger partial charge in [-0.05, 0) is 0 Å². The van der Waals surface area contributed by atoms with Crippen molar-refractivity contribution in [1.29, 1.82) is 0 Å². The van der Waals surface area contributed by atoms with E-state index in [1.54, 1.807) is 0 Å². The van der Waals surface area contributed by atoms with Gasteiger partial charge in [-0.15, -0.1) is 12.8 Å². The first kappa shape index (κ1) is 19.9.